The van der Waals surface area contributed by atoms with Gasteiger partial charge in [0.25, 0.3) is 5.69 Å². The first-order chi connectivity index (χ1) is 9.31. The molecule has 8 heteroatoms. The predicted octanol–water partition coefficient (Wildman–Crippen LogP) is 0.704. The molecule has 1 fully saturated rings. The Morgan fingerprint density at radius 2 is 2.05 bits per heavy atom. The van der Waals surface area contributed by atoms with E-state index < -0.39 is 14.9 Å². The third-order valence-electron chi connectivity index (χ3n) is 3.56. The number of nitro groups is 1. The number of rotatable bonds is 4. The van der Waals surface area contributed by atoms with E-state index in [4.69, 9.17) is 5.73 Å². The van der Waals surface area contributed by atoms with Crippen molar-refractivity contribution in [2.24, 2.45) is 11.7 Å². The molecule has 1 aliphatic rings. The van der Waals surface area contributed by atoms with E-state index in [1.165, 1.54) is 22.5 Å². The molecule has 0 spiro atoms. The highest BCUT2D eigenvalue weighted by Gasteiger charge is 2.35. The smallest absolute Gasteiger partial charge is 0.273 e. The number of nitro benzene ring substituents is 1. The molecule has 1 aliphatic heterocycles. The van der Waals surface area contributed by atoms with E-state index >= 15 is 0 Å². The lowest BCUT2D eigenvalue weighted by molar-refractivity contribution is -0.385. The molecule has 2 rings (SSSR count). The highest BCUT2D eigenvalue weighted by atomic mass is 32.2. The van der Waals surface area contributed by atoms with Crippen LogP contribution in [0.25, 0.3) is 0 Å². The molecule has 0 aromatic heterocycles. The largest absolute Gasteiger partial charge is 0.326 e. The molecular weight excluding hydrogens is 282 g/mol. The lowest BCUT2D eigenvalue weighted by atomic mass is 10.1. The Morgan fingerprint density at radius 1 is 1.40 bits per heavy atom. The van der Waals surface area contributed by atoms with Crippen molar-refractivity contribution in [2.45, 2.75) is 18.7 Å². The minimum atomic E-state index is -3.59. The van der Waals surface area contributed by atoms with E-state index in [0.717, 1.165) is 0 Å². The van der Waals surface area contributed by atoms with Crippen molar-refractivity contribution in [3.8, 4) is 0 Å². The zero-order chi connectivity index (χ0) is 14.9. The summed E-state index contributed by atoms with van der Waals surface area (Å²) in [6, 6.07) is 5.70. The molecule has 2 atom stereocenters. The molecule has 1 aromatic rings. The van der Waals surface area contributed by atoms with E-state index in [2.05, 4.69) is 0 Å². The van der Waals surface area contributed by atoms with E-state index in [0.29, 0.717) is 6.54 Å². The SMILES string of the molecule is CC1CN(S(=O)(=O)Cc2ccccc2[N+](=O)[O-])CC1N. The fourth-order valence-corrected chi connectivity index (χ4v) is 3.95. The summed E-state index contributed by atoms with van der Waals surface area (Å²) in [4.78, 5) is 10.3. The monoisotopic (exact) mass is 299 g/mol. The van der Waals surface area contributed by atoms with Crippen molar-refractivity contribution < 1.29 is 13.3 Å². The zero-order valence-electron chi connectivity index (χ0n) is 11.1. The number of nitrogens with zero attached hydrogens (tertiary/aromatic N) is 2. The first-order valence-electron chi connectivity index (χ1n) is 6.27. The highest BCUT2D eigenvalue weighted by Crippen LogP contribution is 2.24. The van der Waals surface area contributed by atoms with Crippen molar-refractivity contribution in [3.05, 3.63) is 39.9 Å². The topological polar surface area (TPSA) is 107 Å². The number of benzene rings is 1. The molecule has 2 N–H and O–H groups in total. The van der Waals surface area contributed by atoms with Crippen molar-refractivity contribution >= 4 is 15.7 Å². The molecule has 20 heavy (non-hydrogen) atoms. The van der Waals surface area contributed by atoms with E-state index in [1.54, 1.807) is 6.07 Å². The number of para-hydroxylation sites is 1. The number of sulfonamides is 1. The standard InChI is InChI=1S/C12H17N3O4S/c1-9-6-14(7-11(9)13)20(18,19)8-10-4-2-3-5-12(10)15(16)17/h2-5,9,11H,6-8,13H2,1H3. The maximum absolute atomic E-state index is 12.3. The van der Waals surface area contributed by atoms with Crippen molar-refractivity contribution in [1.82, 2.24) is 4.31 Å². The minimum Gasteiger partial charge on any atom is -0.326 e. The highest BCUT2D eigenvalue weighted by molar-refractivity contribution is 7.88. The van der Waals surface area contributed by atoms with E-state index in [-0.39, 0.29) is 35.5 Å². The maximum Gasteiger partial charge on any atom is 0.273 e. The van der Waals surface area contributed by atoms with Gasteiger partial charge in [0, 0.05) is 30.8 Å². The lowest BCUT2D eigenvalue weighted by Crippen LogP contribution is -2.33. The summed E-state index contributed by atoms with van der Waals surface area (Å²) in [6.07, 6.45) is 0. The van der Waals surface area contributed by atoms with Crippen molar-refractivity contribution in [3.63, 3.8) is 0 Å². The third kappa shape index (κ3) is 2.97. The van der Waals surface area contributed by atoms with Gasteiger partial charge in [0.2, 0.25) is 10.0 Å². The molecule has 110 valence electrons. The molecule has 1 aromatic carbocycles. The predicted molar refractivity (Wildman–Crippen MR) is 74.4 cm³/mol. The summed E-state index contributed by atoms with van der Waals surface area (Å²) in [5, 5.41) is 10.9. The summed E-state index contributed by atoms with van der Waals surface area (Å²) in [6.45, 7) is 2.53. The van der Waals surface area contributed by atoms with Gasteiger partial charge in [-0.05, 0) is 5.92 Å². The molecule has 0 radical (unpaired) electrons. The fourth-order valence-electron chi connectivity index (χ4n) is 2.27. The quantitative estimate of drug-likeness (QED) is 0.650. The summed E-state index contributed by atoms with van der Waals surface area (Å²) in [7, 11) is -3.59. The molecule has 0 saturated carbocycles. The van der Waals surface area contributed by atoms with Crippen LogP contribution in [0.2, 0.25) is 0 Å². The van der Waals surface area contributed by atoms with Gasteiger partial charge in [-0.3, -0.25) is 10.1 Å². The Morgan fingerprint density at radius 3 is 2.60 bits per heavy atom. The Labute approximate surface area is 117 Å². The first kappa shape index (κ1) is 14.9. The Balaban J connectivity index is 2.24. The van der Waals surface area contributed by atoms with Gasteiger partial charge >= 0.3 is 0 Å². The molecule has 1 heterocycles. The normalized spacial score (nSPS) is 23.9. The number of hydrogen-bond acceptors (Lipinski definition) is 5. The molecule has 0 amide bonds. The zero-order valence-corrected chi connectivity index (χ0v) is 11.9. The summed E-state index contributed by atoms with van der Waals surface area (Å²) in [5.41, 5.74) is 5.85. The van der Waals surface area contributed by atoms with Gasteiger partial charge in [-0.1, -0.05) is 25.1 Å². The molecule has 7 nitrogen and oxygen atoms in total. The van der Waals surface area contributed by atoms with Gasteiger partial charge in [0.1, 0.15) is 0 Å². The minimum absolute atomic E-state index is 0.0931. The van der Waals surface area contributed by atoms with Gasteiger partial charge in [-0.25, -0.2) is 8.42 Å². The van der Waals surface area contributed by atoms with Gasteiger partial charge in [-0.15, -0.1) is 0 Å². The molecular formula is C12H17N3O4S. The molecule has 2 unspecified atom stereocenters. The fraction of sp³-hybridized carbons (Fsp3) is 0.500. The Bertz CT molecular complexity index is 607. The van der Waals surface area contributed by atoms with Crippen LogP contribution in [0.5, 0.6) is 0 Å². The van der Waals surface area contributed by atoms with Crippen LogP contribution in [0.3, 0.4) is 0 Å². The Hall–Kier alpha value is -1.51. The summed E-state index contributed by atoms with van der Waals surface area (Å²) >= 11 is 0. The second kappa shape index (κ2) is 5.47. The second-order valence-corrected chi connectivity index (χ2v) is 7.07. The van der Waals surface area contributed by atoms with Crippen LogP contribution in [0.1, 0.15) is 12.5 Å². The van der Waals surface area contributed by atoms with Crippen molar-refractivity contribution in [1.29, 1.82) is 0 Å². The average molecular weight is 299 g/mol. The van der Waals surface area contributed by atoms with E-state index in [1.807, 2.05) is 6.92 Å². The van der Waals surface area contributed by atoms with Crippen molar-refractivity contribution in [2.75, 3.05) is 13.1 Å². The van der Waals surface area contributed by atoms with Gasteiger partial charge in [-0.2, -0.15) is 4.31 Å². The first-order valence-corrected chi connectivity index (χ1v) is 7.88. The van der Waals surface area contributed by atoms with Crippen LogP contribution in [0.4, 0.5) is 5.69 Å². The molecule has 0 aliphatic carbocycles. The number of nitrogens with two attached hydrogens (primary N) is 1. The van der Waals surface area contributed by atoms with Gasteiger partial charge in [0.05, 0.1) is 10.7 Å². The third-order valence-corrected chi connectivity index (χ3v) is 5.32. The second-order valence-electron chi connectivity index (χ2n) is 5.10. The van der Waals surface area contributed by atoms with Crippen LogP contribution in [-0.4, -0.2) is 36.8 Å². The van der Waals surface area contributed by atoms with Crippen LogP contribution < -0.4 is 5.73 Å². The van der Waals surface area contributed by atoms with Gasteiger partial charge < -0.3 is 5.73 Å². The van der Waals surface area contributed by atoms with Crippen LogP contribution in [0.15, 0.2) is 24.3 Å². The molecule has 0 bridgehead atoms. The van der Waals surface area contributed by atoms with Crippen LogP contribution in [-0.2, 0) is 15.8 Å². The lowest BCUT2D eigenvalue weighted by Gasteiger charge is -2.15. The van der Waals surface area contributed by atoms with Crippen LogP contribution in [0, 0.1) is 16.0 Å². The summed E-state index contributed by atoms with van der Waals surface area (Å²) in [5.74, 6) is -0.278. The molecule has 1 saturated heterocycles. The maximum atomic E-state index is 12.3. The van der Waals surface area contributed by atoms with Gasteiger partial charge in [0.15, 0.2) is 0 Å². The van der Waals surface area contributed by atoms with Crippen LogP contribution >= 0.6 is 0 Å². The average Bonchev–Trinajstić information content (AvgIpc) is 2.70. The van der Waals surface area contributed by atoms with E-state index in [9.17, 15) is 18.5 Å². The number of hydrogen-bond donors (Lipinski definition) is 1. The summed E-state index contributed by atoms with van der Waals surface area (Å²) < 4.78 is 26.0. The Kier molecular flexibility index (Phi) is 4.07.